The molecule has 25 heavy (non-hydrogen) atoms. The molecule has 1 atom stereocenters. The van der Waals surface area contributed by atoms with Crippen molar-refractivity contribution in [2.24, 2.45) is 4.99 Å². The van der Waals surface area contributed by atoms with Gasteiger partial charge in [-0.3, -0.25) is 9.79 Å². The number of hydrogen-bond donors (Lipinski definition) is 1. The zero-order chi connectivity index (χ0) is 18.1. The summed E-state index contributed by atoms with van der Waals surface area (Å²) >= 11 is 2.08. The smallest absolute Gasteiger partial charge is 0.250 e. The van der Waals surface area contributed by atoms with Crippen LogP contribution >= 0.6 is 11.8 Å². The first-order valence-corrected chi connectivity index (χ1v) is 10.5. The molecule has 1 saturated heterocycles. The molecular formula is C19H32N4OS. The summed E-state index contributed by atoms with van der Waals surface area (Å²) in [5, 5.41) is 4.15. The van der Waals surface area contributed by atoms with Gasteiger partial charge in [-0.25, -0.2) is 0 Å². The molecule has 1 aliphatic heterocycles. The topological polar surface area (TPSA) is 49.6 Å². The lowest BCUT2D eigenvalue weighted by Gasteiger charge is -2.34. The molecule has 5 nitrogen and oxygen atoms in total. The third kappa shape index (κ3) is 6.10. The first-order chi connectivity index (χ1) is 12.2. The largest absolute Gasteiger partial charge is 0.357 e. The molecule has 0 spiro atoms. The normalized spacial score (nSPS) is 18.4. The van der Waals surface area contributed by atoms with Gasteiger partial charge in [-0.2, -0.15) is 11.8 Å². The van der Waals surface area contributed by atoms with E-state index in [1.54, 1.807) is 6.07 Å². The Labute approximate surface area is 155 Å². The van der Waals surface area contributed by atoms with Crippen LogP contribution in [0.3, 0.4) is 0 Å². The second-order valence-electron chi connectivity index (χ2n) is 6.45. The Hall–Kier alpha value is -1.43. The van der Waals surface area contributed by atoms with Crippen LogP contribution in [-0.4, -0.2) is 52.6 Å². The van der Waals surface area contributed by atoms with Crippen molar-refractivity contribution in [2.75, 3.05) is 31.9 Å². The standard InChI is InChI=1S/C19H32N4OS/c1-4-17-15-22(13-14-25-17)19(20-5-2)21-11-6-7-12-23-16(3)9-8-10-18(23)24/h8-10,17H,4-7,11-15H2,1-3H3,(H,20,21). The number of hydrogen-bond acceptors (Lipinski definition) is 3. The van der Waals surface area contributed by atoms with Crippen LogP contribution < -0.4 is 10.9 Å². The number of aromatic nitrogens is 1. The van der Waals surface area contributed by atoms with Crippen LogP contribution in [0.15, 0.2) is 28.0 Å². The van der Waals surface area contributed by atoms with Gasteiger partial charge in [0.25, 0.3) is 5.56 Å². The summed E-state index contributed by atoms with van der Waals surface area (Å²) in [6.45, 7) is 11.0. The van der Waals surface area contributed by atoms with E-state index in [1.807, 2.05) is 23.6 Å². The molecular weight excluding hydrogens is 332 g/mol. The van der Waals surface area contributed by atoms with Crippen molar-refractivity contribution in [3.05, 3.63) is 34.2 Å². The van der Waals surface area contributed by atoms with Crippen LogP contribution in [0.1, 0.15) is 38.8 Å². The van der Waals surface area contributed by atoms with Crippen LogP contribution in [0.4, 0.5) is 0 Å². The Morgan fingerprint density at radius 2 is 2.20 bits per heavy atom. The second kappa shape index (κ2) is 10.5. The number of aliphatic imine (C=N–C) groups is 1. The quantitative estimate of drug-likeness (QED) is 0.459. The monoisotopic (exact) mass is 364 g/mol. The first-order valence-electron chi connectivity index (χ1n) is 9.47. The number of unbranched alkanes of at least 4 members (excludes halogenated alkanes) is 1. The summed E-state index contributed by atoms with van der Waals surface area (Å²) in [5.41, 5.74) is 1.12. The number of pyridine rings is 1. The van der Waals surface area contributed by atoms with E-state index in [-0.39, 0.29) is 5.56 Å². The predicted molar refractivity (Wildman–Crippen MR) is 109 cm³/mol. The van der Waals surface area contributed by atoms with Gasteiger partial charge >= 0.3 is 0 Å². The number of guanidine groups is 1. The van der Waals surface area contributed by atoms with Gasteiger partial charge in [-0.15, -0.1) is 0 Å². The molecule has 1 aromatic rings. The maximum atomic E-state index is 11.9. The van der Waals surface area contributed by atoms with Crippen molar-refractivity contribution in [3.63, 3.8) is 0 Å². The Balaban J connectivity index is 1.84. The molecule has 0 aromatic carbocycles. The summed E-state index contributed by atoms with van der Waals surface area (Å²) in [6.07, 6.45) is 3.18. The highest BCUT2D eigenvalue weighted by molar-refractivity contribution is 8.00. The average Bonchev–Trinajstić information content (AvgIpc) is 2.62. The van der Waals surface area contributed by atoms with E-state index in [0.717, 1.165) is 57.2 Å². The Morgan fingerprint density at radius 3 is 2.92 bits per heavy atom. The molecule has 0 bridgehead atoms. The maximum Gasteiger partial charge on any atom is 0.250 e. The molecule has 2 heterocycles. The molecule has 1 unspecified atom stereocenters. The lowest BCUT2D eigenvalue weighted by atomic mass is 10.3. The fourth-order valence-electron chi connectivity index (χ4n) is 3.06. The minimum Gasteiger partial charge on any atom is -0.357 e. The Kier molecular flexibility index (Phi) is 8.38. The number of aryl methyl sites for hydroxylation is 1. The van der Waals surface area contributed by atoms with E-state index in [2.05, 4.69) is 35.8 Å². The fourth-order valence-corrected chi connectivity index (χ4v) is 4.24. The number of nitrogens with zero attached hydrogens (tertiary/aromatic N) is 3. The summed E-state index contributed by atoms with van der Waals surface area (Å²) < 4.78 is 1.85. The van der Waals surface area contributed by atoms with Crippen LogP contribution in [0.25, 0.3) is 0 Å². The molecule has 2 rings (SSSR count). The van der Waals surface area contributed by atoms with E-state index >= 15 is 0 Å². The molecule has 1 N–H and O–H groups in total. The molecule has 0 amide bonds. The highest BCUT2D eigenvalue weighted by atomic mass is 32.2. The fraction of sp³-hybridized carbons (Fsp3) is 0.684. The van der Waals surface area contributed by atoms with Gasteiger partial charge < -0.3 is 14.8 Å². The predicted octanol–water partition coefficient (Wildman–Crippen LogP) is 2.73. The van der Waals surface area contributed by atoms with Crippen molar-refractivity contribution < 1.29 is 0 Å². The summed E-state index contributed by atoms with van der Waals surface area (Å²) in [7, 11) is 0. The number of thioether (sulfide) groups is 1. The van der Waals surface area contributed by atoms with E-state index in [0.29, 0.717) is 5.25 Å². The second-order valence-corrected chi connectivity index (χ2v) is 7.86. The van der Waals surface area contributed by atoms with Crippen LogP contribution in [0.2, 0.25) is 0 Å². The molecule has 0 saturated carbocycles. The van der Waals surface area contributed by atoms with Crippen molar-refractivity contribution in [2.45, 2.75) is 51.8 Å². The lowest BCUT2D eigenvalue weighted by molar-refractivity contribution is 0.408. The maximum absolute atomic E-state index is 11.9. The van der Waals surface area contributed by atoms with Crippen molar-refractivity contribution in [3.8, 4) is 0 Å². The minimum absolute atomic E-state index is 0.0910. The molecule has 1 aromatic heterocycles. The summed E-state index contributed by atoms with van der Waals surface area (Å²) in [4.78, 5) is 19.1. The Morgan fingerprint density at radius 1 is 1.36 bits per heavy atom. The lowest BCUT2D eigenvalue weighted by Crippen LogP contribution is -2.48. The first kappa shape index (κ1) is 19.9. The van der Waals surface area contributed by atoms with Crippen LogP contribution in [0, 0.1) is 6.92 Å². The number of nitrogens with one attached hydrogen (secondary N) is 1. The van der Waals surface area contributed by atoms with Crippen molar-refractivity contribution in [1.29, 1.82) is 0 Å². The van der Waals surface area contributed by atoms with Crippen LogP contribution in [0.5, 0.6) is 0 Å². The summed E-state index contributed by atoms with van der Waals surface area (Å²) in [6, 6.07) is 5.44. The summed E-state index contributed by atoms with van der Waals surface area (Å²) in [5.74, 6) is 2.23. The zero-order valence-electron chi connectivity index (χ0n) is 15.8. The van der Waals surface area contributed by atoms with E-state index < -0.39 is 0 Å². The highest BCUT2D eigenvalue weighted by Gasteiger charge is 2.21. The van der Waals surface area contributed by atoms with E-state index in [9.17, 15) is 4.79 Å². The molecule has 1 aliphatic rings. The van der Waals surface area contributed by atoms with Gasteiger partial charge in [0.05, 0.1) is 0 Å². The van der Waals surface area contributed by atoms with Gasteiger partial charge in [0.15, 0.2) is 5.96 Å². The SMILES string of the molecule is CCNC(=NCCCCn1c(C)cccc1=O)N1CCSC(CC)C1. The minimum atomic E-state index is 0.0910. The zero-order valence-corrected chi connectivity index (χ0v) is 16.6. The Bertz CT molecular complexity index is 614. The average molecular weight is 365 g/mol. The molecule has 140 valence electrons. The molecule has 0 radical (unpaired) electrons. The van der Waals surface area contributed by atoms with Gasteiger partial charge in [-0.1, -0.05) is 13.0 Å². The van der Waals surface area contributed by atoms with E-state index in [1.165, 1.54) is 12.2 Å². The van der Waals surface area contributed by atoms with Crippen molar-refractivity contribution >= 4 is 17.7 Å². The third-order valence-electron chi connectivity index (χ3n) is 4.55. The third-order valence-corrected chi connectivity index (χ3v) is 5.92. The molecule has 1 fully saturated rings. The van der Waals surface area contributed by atoms with Crippen molar-refractivity contribution in [1.82, 2.24) is 14.8 Å². The molecule has 0 aliphatic carbocycles. The highest BCUT2D eigenvalue weighted by Crippen LogP contribution is 2.21. The van der Waals surface area contributed by atoms with Gasteiger partial charge in [0.1, 0.15) is 0 Å². The number of rotatable bonds is 7. The van der Waals surface area contributed by atoms with Gasteiger partial charge in [0.2, 0.25) is 0 Å². The van der Waals surface area contributed by atoms with Gasteiger partial charge in [-0.05, 0) is 39.2 Å². The molecule has 6 heteroatoms. The van der Waals surface area contributed by atoms with Crippen LogP contribution in [-0.2, 0) is 6.54 Å². The van der Waals surface area contributed by atoms with E-state index in [4.69, 9.17) is 4.99 Å². The van der Waals surface area contributed by atoms with Gasteiger partial charge in [0, 0.05) is 55.5 Å².